The lowest BCUT2D eigenvalue weighted by Gasteiger charge is -2.26. The summed E-state index contributed by atoms with van der Waals surface area (Å²) in [4.78, 5) is 18.4. The third kappa shape index (κ3) is 5.16. The van der Waals surface area contributed by atoms with Crippen LogP contribution in [0, 0.1) is 0 Å². The monoisotopic (exact) mass is 319 g/mol. The molecule has 0 spiro atoms. The van der Waals surface area contributed by atoms with Crippen molar-refractivity contribution in [2.24, 2.45) is 5.73 Å². The van der Waals surface area contributed by atoms with Gasteiger partial charge in [-0.2, -0.15) is 17.3 Å². The second-order valence-electron chi connectivity index (χ2n) is 5.14. The molecule has 2 N–H and O–H groups in total. The van der Waals surface area contributed by atoms with Crippen molar-refractivity contribution < 1.29 is 4.79 Å². The molecule has 0 aliphatic carbocycles. The van der Waals surface area contributed by atoms with Crippen LogP contribution in [0.15, 0.2) is 35.7 Å². The van der Waals surface area contributed by atoms with Crippen LogP contribution >= 0.6 is 12.6 Å². The first-order valence-corrected chi connectivity index (χ1v) is 7.82. The van der Waals surface area contributed by atoms with Crippen LogP contribution in [0.1, 0.15) is 29.9 Å². The summed E-state index contributed by atoms with van der Waals surface area (Å²) in [6.07, 6.45) is 11.6. The molecule has 7 heteroatoms. The maximum atomic E-state index is 12.1. The number of likely N-dealkylation sites (tertiary alicyclic amines) is 1. The Morgan fingerprint density at radius 1 is 1.32 bits per heavy atom. The summed E-state index contributed by atoms with van der Waals surface area (Å²) in [5.74, 6) is 0.175. The standard InChI is InChI=1S/C15H21N5OS/c16-13(11-19-7-3-1-4-8-19)10-15(21)20-12-17-14(18-20)6-2-5-9-22/h2,5-6,9-10,12,22H,1,3-4,7-8,11,16H2/b6-2+,9-5-,13-10-. The van der Waals surface area contributed by atoms with E-state index in [0.717, 1.165) is 13.1 Å². The minimum absolute atomic E-state index is 0.286. The maximum Gasteiger partial charge on any atom is 0.274 e. The van der Waals surface area contributed by atoms with Crippen LogP contribution < -0.4 is 5.73 Å². The first kappa shape index (κ1) is 16.5. The first-order valence-electron chi connectivity index (χ1n) is 7.31. The lowest BCUT2D eigenvalue weighted by atomic mass is 10.1. The number of nitrogens with zero attached hydrogens (tertiary/aromatic N) is 4. The molecule has 1 aromatic rings. The molecule has 0 unspecified atom stereocenters. The second-order valence-corrected chi connectivity index (χ2v) is 5.44. The Bertz CT molecular complexity index is 585. The van der Waals surface area contributed by atoms with E-state index in [0.29, 0.717) is 18.1 Å². The van der Waals surface area contributed by atoms with Gasteiger partial charge in [-0.1, -0.05) is 18.6 Å². The Morgan fingerprint density at radius 3 is 2.82 bits per heavy atom. The number of allylic oxidation sites excluding steroid dienone is 3. The van der Waals surface area contributed by atoms with Crippen molar-refractivity contribution in [1.82, 2.24) is 19.7 Å². The fraction of sp³-hybridized carbons (Fsp3) is 0.400. The summed E-state index contributed by atoms with van der Waals surface area (Å²) in [6, 6.07) is 0. The summed E-state index contributed by atoms with van der Waals surface area (Å²) in [7, 11) is 0. The van der Waals surface area contributed by atoms with E-state index in [-0.39, 0.29) is 5.91 Å². The van der Waals surface area contributed by atoms with Gasteiger partial charge in [0.1, 0.15) is 6.33 Å². The highest BCUT2D eigenvalue weighted by molar-refractivity contribution is 7.83. The molecular formula is C15H21N5OS. The van der Waals surface area contributed by atoms with Gasteiger partial charge in [0.25, 0.3) is 5.91 Å². The molecule has 1 saturated heterocycles. The van der Waals surface area contributed by atoms with E-state index >= 15 is 0 Å². The van der Waals surface area contributed by atoms with Gasteiger partial charge in [0, 0.05) is 18.3 Å². The minimum Gasteiger partial charge on any atom is -0.401 e. The molecule has 1 fully saturated rings. The van der Waals surface area contributed by atoms with Crippen molar-refractivity contribution in [1.29, 1.82) is 0 Å². The van der Waals surface area contributed by atoms with Gasteiger partial charge in [0.2, 0.25) is 0 Å². The molecule has 1 aliphatic rings. The predicted molar refractivity (Wildman–Crippen MR) is 90.4 cm³/mol. The van der Waals surface area contributed by atoms with Crippen molar-refractivity contribution in [2.75, 3.05) is 19.6 Å². The number of carbonyl (C=O) groups is 1. The van der Waals surface area contributed by atoms with Crippen molar-refractivity contribution in [3.8, 4) is 0 Å². The average molecular weight is 319 g/mol. The number of carbonyl (C=O) groups excluding carboxylic acids is 1. The van der Waals surface area contributed by atoms with Gasteiger partial charge in [-0.25, -0.2) is 4.98 Å². The van der Waals surface area contributed by atoms with E-state index < -0.39 is 0 Å². The Morgan fingerprint density at radius 2 is 2.09 bits per heavy atom. The largest absolute Gasteiger partial charge is 0.401 e. The summed E-state index contributed by atoms with van der Waals surface area (Å²) in [5.41, 5.74) is 6.51. The number of piperidine rings is 1. The van der Waals surface area contributed by atoms with Crippen molar-refractivity contribution in [3.63, 3.8) is 0 Å². The number of hydrogen-bond donors (Lipinski definition) is 2. The molecule has 2 rings (SSSR count). The Kier molecular flexibility index (Phi) is 6.42. The van der Waals surface area contributed by atoms with E-state index in [1.807, 2.05) is 0 Å². The van der Waals surface area contributed by atoms with Crippen LogP contribution in [-0.2, 0) is 0 Å². The van der Waals surface area contributed by atoms with Crippen LogP contribution in [0.4, 0.5) is 0 Å². The van der Waals surface area contributed by atoms with Crippen LogP contribution in [0.2, 0.25) is 0 Å². The molecule has 0 saturated carbocycles. The molecule has 1 aromatic heterocycles. The summed E-state index contributed by atoms with van der Waals surface area (Å²) in [5, 5.41) is 5.68. The Hall–Kier alpha value is -1.86. The smallest absolute Gasteiger partial charge is 0.274 e. The van der Waals surface area contributed by atoms with E-state index in [1.54, 1.807) is 23.6 Å². The van der Waals surface area contributed by atoms with E-state index in [1.165, 1.54) is 36.3 Å². The Balaban J connectivity index is 1.94. The van der Waals surface area contributed by atoms with Crippen LogP contribution in [0.3, 0.4) is 0 Å². The lowest BCUT2D eigenvalue weighted by Crippen LogP contribution is -2.33. The molecule has 0 radical (unpaired) electrons. The van der Waals surface area contributed by atoms with Gasteiger partial charge >= 0.3 is 0 Å². The first-order chi connectivity index (χ1) is 10.7. The highest BCUT2D eigenvalue weighted by atomic mass is 32.1. The predicted octanol–water partition coefficient (Wildman–Crippen LogP) is 1.70. The summed E-state index contributed by atoms with van der Waals surface area (Å²) < 4.78 is 1.19. The quantitative estimate of drug-likeness (QED) is 0.491. The number of thiol groups is 1. The number of rotatable bonds is 5. The number of hydrogen-bond acceptors (Lipinski definition) is 6. The molecule has 0 bridgehead atoms. The second kappa shape index (κ2) is 8.55. The third-order valence-electron chi connectivity index (χ3n) is 3.34. The lowest BCUT2D eigenvalue weighted by molar-refractivity contribution is 0.0952. The zero-order valence-corrected chi connectivity index (χ0v) is 13.3. The summed E-state index contributed by atoms with van der Waals surface area (Å²) >= 11 is 3.94. The van der Waals surface area contributed by atoms with Crippen molar-refractivity contribution >= 4 is 24.6 Å². The molecule has 0 atom stereocenters. The van der Waals surface area contributed by atoms with Gasteiger partial charge in [-0.15, -0.1) is 5.10 Å². The minimum atomic E-state index is -0.286. The van der Waals surface area contributed by atoms with Gasteiger partial charge < -0.3 is 5.73 Å². The average Bonchev–Trinajstić information content (AvgIpc) is 2.97. The van der Waals surface area contributed by atoms with Gasteiger partial charge in [0.15, 0.2) is 5.82 Å². The zero-order valence-electron chi connectivity index (χ0n) is 12.4. The van der Waals surface area contributed by atoms with E-state index in [4.69, 9.17) is 5.73 Å². The molecule has 0 aromatic carbocycles. The molecule has 2 heterocycles. The molecule has 22 heavy (non-hydrogen) atoms. The molecular weight excluding hydrogens is 298 g/mol. The van der Waals surface area contributed by atoms with Gasteiger partial charge in [0.05, 0.1) is 0 Å². The molecule has 1 aliphatic heterocycles. The maximum absolute atomic E-state index is 12.1. The van der Waals surface area contributed by atoms with Crippen molar-refractivity contribution in [2.45, 2.75) is 19.3 Å². The van der Waals surface area contributed by atoms with Crippen LogP contribution in [0.5, 0.6) is 0 Å². The molecule has 118 valence electrons. The third-order valence-corrected chi connectivity index (χ3v) is 3.51. The van der Waals surface area contributed by atoms with Crippen LogP contribution in [-0.4, -0.2) is 45.2 Å². The normalized spacial score (nSPS) is 17.6. The van der Waals surface area contributed by atoms with Gasteiger partial charge in [-0.05, 0) is 37.4 Å². The van der Waals surface area contributed by atoms with Gasteiger partial charge in [-0.3, -0.25) is 9.69 Å². The van der Waals surface area contributed by atoms with Crippen molar-refractivity contribution in [3.05, 3.63) is 41.5 Å². The fourth-order valence-corrected chi connectivity index (χ4v) is 2.40. The summed E-state index contributed by atoms with van der Waals surface area (Å²) in [6.45, 7) is 2.71. The molecule has 6 nitrogen and oxygen atoms in total. The molecule has 0 amide bonds. The van der Waals surface area contributed by atoms with Crippen LogP contribution in [0.25, 0.3) is 6.08 Å². The zero-order chi connectivity index (χ0) is 15.8. The fourth-order valence-electron chi connectivity index (χ4n) is 2.30. The highest BCUT2D eigenvalue weighted by Gasteiger charge is 2.12. The highest BCUT2D eigenvalue weighted by Crippen LogP contribution is 2.09. The SMILES string of the molecule is N/C(=C\C(=O)n1cnc(/C=C/C=C\S)n1)CN1CCCCC1. The van der Waals surface area contributed by atoms with E-state index in [2.05, 4.69) is 27.6 Å². The number of nitrogens with two attached hydrogens (primary N) is 1. The van der Waals surface area contributed by atoms with E-state index in [9.17, 15) is 4.79 Å². The number of aromatic nitrogens is 3. The Labute approximate surface area is 135 Å². The topological polar surface area (TPSA) is 77.0 Å².